The number of nitrogens with zero attached hydrogens (tertiary/aromatic N) is 3. The highest BCUT2D eigenvalue weighted by Gasteiger charge is 2.39. The third kappa shape index (κ3) is 4.21. The summed E-state index contributed by atoms with van der Waals surface area (Å²) in [5.41, 5.74) is 17.8. The van der Waals surface area contributed by atoms with Gasteiger partial charge in [0, 0.05) is 46.7 Å². The zero-order chi connectivity index (χ0) is 31.6. The molecule has 3 aliphatic rings. The Bertz CT molecular complexity index is 2390. The van der Waals surface area contributed by atoms with Crippen LogP contribution in [0.4, 0.5) is 17.1 Å². The molecule has 1 unspecified atom stereocenters. The number of fused-ring (bicyclic) bond motifs is 4. The van der Waals surface area contributed by atoms with E-state index >= 15 is 0 Å². The minimum Gasteiger partial charge on any atom is -0.310 e. The molecule has 2 aromatic heterocycles. The Morgan fingerprint density at radius 1 is 0.500 bits per heavy atom. The second kappa shape index (κ2) is 10.8. The van der Waals surface area contributed by atoms with Crippen LogP contribution in [-0.4, -0.2) is 0 Å². The Morgan fingerprint density at radius 3 is 1.77 bits per heavy atom. The van der Waals surface area contributed by atoms with Gasteiger partial charge >= 0.3 is 0 Å². The molecule has 3 nitrogen and oxygen atoms in total. The van der Waals surface area contributed by atoms with E-state index in [-0.39, 0.29) is 5.92 Å². The molecular weight excluding hydrogens is 583 g/mol. The summed E-state index contributed by atoms with van der Waals surface area (Å²) in [6, 6.07) is 55.4. The lowest BCUT2D eigenvalue weighted by Crippen LogP contribution is -2.43. The Hall–Kier alpha value is -6.06. The zero-order valence-corrected chi connectivity index (χ0v) is 26.5. The van der Waals surface area contributed by atoms with Gasteiger partial charge in [-0.2, -0.15) is 9.13 Å². The van der Waals surface area contributed by atoms with E-state index in [9.17, 15) is 0 Å². The summed E-state index contributed by atoms with van der Waals surface area (Å²) in [6.45, 7) is 1.72. The van der Waals surface area contributed by atoms with Gasteiger partial charge < -0.3 is 4.90 Å². The van der Waals surface area contributed by atoms with Crippen LogP contribution < -0.4 is 14.0 Å². The van der Waals surface area contributed by atoms with Crippen molar-refractivity contribution in [2.24, 2.45) is 0 Å². The number of para-hydroxylation sites is 1. The SMILES string of the molecule is C1=C2C[n+]3ccc(-c4ccccc4)cc3-c3cccc(c32)N(c2ccccc2)c2cccc3c2C1C[n+]1ccc(-c2ccccc2)cc1-3. The van der Waals surface area contributed by atoms with Crippen molar-refractivity contribution in [1.82, 2.24) is 0 Å². The molecule has 0 amide bonds. The van der Waals surface area contributed by atoms with Crippen LogP contribution >= 0.6 is 0 Å². The van der Waals surface area contributed by atoms with E-state index < -0.39 is 0 Å². The van der Waals surface area contributed by atoms with Gasteiger partial charge in [0.15, 0.2) is 25.5 Å². The quantitative estimate of drug-likeness (QED) is 0.180. The summed E-state index contributed by atoms with van der Waals surface area (Å²) in [5, 5.41) is 0. The maximum Gasteiger partial charge on any atom is 0.214 e. The predicted octanol–water partition coefficient (Wildman–Crippen LogP) is 9.91. The summed E-state index contributed by atoms with van der Waals surface area (Å²) in [6.07, 6.45) is 7.14. The molecule has 1 atom stereocenters. The van der Waals surface area contributed by atoms with E-state index in [4.69, 9.17) is 0 Å². The van der Waals surface area contributed by atoms with Crippen molar-refractivity contribution in [3.8, 4) is 44.8 Å². The second-order valence-electron chi connectivity index (χ2n) is 13.0. The Labute approximate surface area is 281 Å². The van der Waals surface area contributed by atoms with Crippen LogP contribution in [0.15, 0.2) is 170 Å². The fourth-order valence-corrected chi connectivity index (χ4v) is 8.14. The van der Waals surface area contributed by atoms with Gasteiger partial charge in [-0.1, -0.05) is 97.1 Å². The lowest BCUT2D eigenvalue weighted by Gasteiger charge is -2.36. The summed E-state index contributed by atoms with van der Waals surface area (Å²) in [5.74, 6) is 0.212. The lowest BCUT2D eigenvalue weighted by molar-refractivity contribution is -0.689. The van der Waals surface area contributed by atoms with Crippen LogP contribution in [-0.2, 0) is 13.1 Å². The second-order valence-corrected chi connectivity index (χ2v) is 13.0. The van der Waals surface area contributed by atoms with E-state index in [1.807, 2.05) is 0 Å². The van der Waals surface area contributed by atoms with E-state index in [2.05, 4.69) is 184 Å². The fraction of sp³-hybridized carbons (Fsp3) is 0.0667. The first kappa shape index (κ1) is 27.1. The molecule has 0 aliphatic carbocycles. The van der Waals surface area contributed by atoms with E-state index in [0.29, 0.717) is 0 Å². The average molecular weight is 616 g/mol. The molecule has 0 saturated carbocycles. The summed E-state index contributed by atoms with van der Waals surface area (Å²) in [4.78, 5) is 2.52. The first-order valence-electron chi connectivity index (χ1n) is 16.8. The third-order valence-electron chi connectivity index (χ3n) is 10.3. The number of allylic oxidation sites excluding steroid dienone is 2. The van der Waals surface area contributed by atoms with Crippen LogP contribution in [0.2, 0.25) is 0 Å². The van der Waals surface area contributed by atoms with Gasteiger partial charge in [0.2, 0.25) is 11.4 Å². The molecular formula is C45H33N3+2. The molecule has 226 valence electrons. The van der Waals surface area contributed by atoms with Gasteiger partial charge in [0.25, 0.3) is 0 Å². The van der Waals surface area contributed by atoms with E-state index in [1.165, 1.54) is 78.5 Å². The molecule has 10 rings (SSSR count). The smallest absolute Gasteiger partial charge is 0.214 e. The highest BCUT2D eigenvalue weighted by molar-refractivity contribution is 5.96. The van der Waals surface area contributed by atoms with Crippen molar-refractivity contribution in [3.63, 3.8) is 0 Å². The average Bonchev–Trinajstić information content (AvgIpc) is 3.15. The number of anilines is 3. The zero-order valence-electron chi connectivity index (χ0n) is 26.5. The number of hydrogen-bond donors (Lipinski definition) is 0. The van der Waals surface area contributed by atoms with Gasteiger partial charge in [0.05, 0.1) is 28.4 Å². The minimum atomic E-state index is 0.212. The van der Waals surface area contributed by atoms with Crippen molar-refractivity contribution >= 4 is 22.6 Å². The van der Waals surface area contributed by atoms with Crippen LogP contribution in [0.1, 0.15) is 17.0 Å². The van der Waals surface area contributed by atoms with Crippen molar-refractivity contribution in [2.75, 3.05) is 4.90 Å². The van der Waals surface area contributed by atoms with Crippen LogP contribution in [0.5, 0.6) is 0 Å². The molecule has 3 aliphatic heterocycles. The maximum absolute atomic E-state index is 2.58. The monoisotopic (exact) mass is 615 g/mol. The van der Waals surface area contributed by atoms with Crippen molar-refractivity contribution in [2.45, 2.75) is 19.0 Å². The molecule has 0 bridgehead atoms. The molecule has 48 heavy (non-hydrogen) atoms. The molecule has 0 radical (unpaired) electrons. The minimum absolute atomic E-state index is 0.212. The largest absolute Gasteiger partial charge is 0.310 e. The van der Waals surface area contributed by atoms with Gasteiger partial charge in [-0.25, -0.2) is 0 Å². The number of benzene rings is 5. The van der Waals surface area contributed by atoms with Crippen LogP contribution in [0.3, 0.4) is 0 Å². The highest BCUT2D eigenvalue weighted by atomic mass is 15.2. The van der Waals surface area contributed by atoms with Gasteiger partial charge in [0.1, 0.15) is 0 Å². The standard InChI is InChI=1S/C45H33N3/c1-4-12-31(13-5-1)33-22-24-46-29-35-26-36-30-47-25-23-34(32-14-6-2-7-15-32)28-43(47)39-19-11-21-41(45(36)39)48(37-16-8-3-9-17-37)40-20-10-18-38(44(35)40)42(46)27-33/h1-28,35H,29-30H2/q+2. The number of pyridine rings is 2. The summed E-state index contributed by atoms with van der Waals surface area (Å²) < 4.78 is 4.89. The van der Waals surface area contributed by atoms with E-state index in [0.717, 1.165) is 13.1 Å². The third-order valence-corrected chi connectivity index (χ3v) is 10.3. The predicted molar refractivity (Wildman–Crippen MR) is 194 cm³/mol. The Morgan fingerprint density at radius 2 is 1.08 bits per heavy atom. The Kier molecular flexibility index (Phi) is 6.07. The first-order valence-corrected chi connectivity index (χ1v) is 16.8. The summed E-state index contributed by atoms with van der Waals surface area (Å²) in [7, 11) is 0. The number of rotatable bonds is 3. The molecule has 5 aromatic carbocycles. The Balaban J connectivity index is 1.22. The van der Waals surface area contributed by atoms with Gasteiger partial charge in [-0.15, -0.1) is 0 Å². The lowest BCUT2D eigenvalue weighted by atomic mass is 9.80. The number of hydrogen-bond acceptors (Lipinski definition) is 1. The van der Waals surface area contributed by atoms with Crippen molar-refractivity contribution in [1.29, 1.82) is 0 Å². The molecule has 0 fully saturated rings. The van der Waals surface area contributed by atoms with Crippen molar-refractivity contribution < 1.29 is 9.13 Å². The normalized spacial score (nSPS) is 15.2. The molecule has 0 spiro atoms. The molecule has 5 heterocycles. The fourth-order valence-electron chi connectivity index (χ4n) is 8.14. The number of aromatic nitrogens is 2. The highest BCUT2D eigenvalue weighted by Crippen LogP contribution is 2.51. The topological polar surface area (TPSA) is 11.0 Å². The molecule has 0 saturated heterocycles. The maximum atomic E-state index is 2.58. The molecule has 7 aromatic rings. The molecule has 0 N–H and O–H groups in total. The van der Waals surface area contributed by atoms with E-state index in [1.54, 1.807) is 0 Å². The van der Waals surface area contributed by atoms with Crippen LogP contribution in [0.25, 0.3) is 50.3 Å². The van der Waals surface area contributed by atoms with Crippen LogP contribution in [0, 0.1) is 0 Å². The molecule has 3 heteroatoms. The first-order chi connectivity index (χ1) is 23.8. The summed E-state index contributed by atoms with van der Waals surface area (Å²) >= 11 is 0. The van der Waals surface area contributed by atoms with Gasteiger partial charge in [-0.3, -0.25) is 0 Å². The van der Waals surface area contributed by atoms with Gasteiger partial charge in [-0.05, 0) is 58.7 Å². The van der Waals surface area contributed by atoms with Crippen molar-refractivity contribution in [3.05, 3.63) is 181 Å².